The second-order valence-electron chi connectivity index (χ2n) is 4.52. The Labute approximate surface area is 121 Å². The second kappa shape index (κ2) is 6.63. The van der Waals surface area contributed by atoms with Gasteiger partial charge in [0, 0.05) is 0 Å². The highest BCUT2D eigenvalue weighted by Gasteiger charge is 2.40. The zero-order valence-corrected chi connectivity index (χ0v) is 11.5. The molecule has 1 atom stereocenters. The van der Waals surface area contributed by atoms with Gasteiger partial charge < -0.3 is 10.1 Å². The van der Waals surface area contributed by atoms with Crippen LogP contribution in [0.25, 0.3) is 0 Å². The maximum Gasteiger partial charge on any atom is 0.407 e. The van der Waals surface area contributed by atoms with Gasteiger partial charge in [-0.2, -0.15) is 13.2 Å². The third kappa shape index (κ3) is 4.23. The molecular weight excluding hydrogens is 279 g/mol. The number of rotatable bonds is 5. The summed E-state index contributed by atoms with van der Waals surface area (Å²) in [6, 6.07) is 13.3. The first kappa shape index (κ1) is 15.4. The molecule has 1 unspecified atom stereocenters. The van der Waals surface area contributed by atoms with Crippen LogP contribution in [0.1, 0.15) is 18.5 Å². The van der Waals surface area contributed by atoms with E-state index >= 15 is 0 Å². The van der Waals surface area contributed by atoms with Crippen LogP contribution in [-0.4, -0.2) is 12.7 Å². The molecule has 0 fully saturated rings. The van der Waals surface area contributed by atoms with Crippen LogP contribution >= 0.6 is 0 Å². The Hall–Kier alpha value is -2.01. The molecule has 2 rings (SSSR count). The highest BCUT2D eigenvalue weighted by atomic mass is 19.4. The zero-order chi connectivity index (χ0) is 15.3. The quantitative estimate of drug-likeness (QED) is 0.864. The van der Waals surface area contributed by atoms with E-state index in [0.29, 0.717) is 11.5 Å². The molecule has 0 radical (unpaired) electrons. The van der Waals surface area contributed by atoms with Gasteiger partial charge in [-0.1, -0.05) is 37.3 Å². The molecule has 0 amide bonds. The number of halogens is 3. The summed E-state index contributed by atoms with van der Waals surface area (Å²) in [7, 11) is 0. The van der Waals surface area contributed by atoms with E-state index in [4.69, 9.17) is 4.74 Å². The average Bonchev–Trinajstić information content (AvgIpc) is 2.45. The lowest BCUT2D eigenvalue weighted by Crippen LogP contribution is -2.33. The molecule has 2 nitrogen and oxygen atoms in total. The van der Waals surface area contributed by atoms with Crippen LogP contribution < -0.4 is 10.1 Å². The van der Waals surface area contributed by atoms with E-state index in [1.165, 1.54) is 12.1 Å². The number of para-hydroxylation sites is 1. The highest BCUT2D eigenvalue weighted by molar-refractivity contribution is 5.35. The largest absolute Gasteiger partial charge is 0.457 e. The molecular formula is C16H16F3NO. The zero-order valence-electron chi connectivity index (χ0n) is 11.5. The monoisotopic (exact) mass is 295 g/mol. The predicted molar refractivity (Wildman–Crippen MR) is 75.4 cm³/mol. The fourth-order valence-corrected chi connectivity index (χ4v) is 2.01. The molecule has 0 aliphatic heterocycles. The Morgan fingerprint density at radius 3 is 2.29 bits per heavy atom. The van der Waals surface area contributed by atoms with Crippen LogP contribution in [0.5, 0.6) is 11.5 Å². The van der Waals surface area contributed by atoms with Gasteiger partial charge in [-0.3, -0.25) is 0 Å². The lowest BCUT2D eigenvalue weighted by molar-refractivity contribution is -0.157. The Morgan fingerprint density at radius 1 is 1.00 bits per heavy atom. The van der Waals surface area contributed by atoms with Crippen molar-refractivity contribution >= 4 is 0 Å². The van der Waals surface area contributed by atoms with E-state index in [-0.39, 0.29) is 12.1 Å². The van der Waals surface area contributed by atoms with Crippen molar-refractivity contribution in [2.24, 2.45) is 0 Å². The van der Waals surface area contributed by atoms with Gasteiger partial charge in [0.25, 0.3) is 0 Å². The van der Waals surface area contributed by atoms with E-state index in [0.717, 1.165) is 0 Å². The van der Waals surface area contributed by atoms with Gasteiger partial charge in [-0.05, 0) is 36.4 Å². The van der Waals surface area contributed by atoms with Gasteiger partial charge in [0.2, 0.25) is 0 Å². The molecule has 0 aromatic heterocycles. The first-order chi connectivity index (χ1) is 10.0. The lowest BCUT2D eigenvalue weighted by atomic mass is 10.1. The number of alkyl halides is 3. The minimum atomic E-state index is -4.35. The summed E-state index contributed by atoms with van der Waals surface area (Å²) in [5.74, 6) is 0.965. The van der Waals surface area contributed by atoms with Gasteiger partial charge in [0.05, 0.1) is 0 Å². The van der Waals surface area contributed by atoms with Crippen LogP contribution in [-0.2, 0) is 0 Å². The van der Waals surface area contributed by atoms with Crippen LogP contribution in [0, 0.1) is 0 Å². The average molecular weight is 295 g/mol. The molecule has 0 saturated carbocycles. The molecule has 0 spiro atoms. The van der Waals surface area contributed by atoms with Crippen molar-refractivity contribution in [3.8, 4) is 11.5 Å². The van der Waals surface area contributed by atoms with E-state index < -0.39 is 12.2 Å². The Balaban J connectivity index is 2.24. The lowest BCUT2D eigenvalue weighted by Gasteiger charge is -2.21. The van der Waals surface area contributed by atoms with Crippen LogP contribution in [0.4, 0.5) is 13.2 Å². The van der Waals surface area contributed by atoms with Crippen LogP contribution in [0.3, 0.4) is 0 Å². The molecule has 1 N–H and O–H groups in total. The Kier molecular flexibility index (Phi) is 4.85. The second-order valence-corrected chi connectivity index (χ2v) is 4.52. The van der Waals surface area contributed by atoms with E-state index in [9.17, 15) is 13.2 Å². The summed E-state index contributed by atoms with van der Waals surface area (Å²) in [6.07, 6.45) is -4.35. The standard InChI is InChI=1S/C16H16F3NO/c1-2-20-15(16(17,18)19)12-7-6-10-14(11-12)21-13-8-4-3-5-9-13/h3-11,15,20H,2H2,1H3. The van der Waals surface area contributed by atoms with E-state index in [2.05, 4.69) is 5.32 Å². The van der Waals surface area contributed by atoms with E-state index in [1.807, 2.05) is 6.07 Å². The van der Waals surface area contributed by atoms with Gasteiger partial charge in [0.1, 0.15) is 17.5 Å². The van der Waals surface area contributed by atoms with Crippen molar-refractivity contribution in [2.45, 2.75) is 19.1 Å². The number of hydrogen-bond acceptors (Lipinski definition) is 2. The number of nitrogens with one attached hydrogen (secondary N) is 1. The van der Waals surface area contributed by atoms with E-state index in [1.54, 1.807) is 43.3 Å². The molecule has 0 aliphatic carbocycles. The summed E-state index contributed by atoms with van der Waals surface area (Å²) >= 11 is 0. The molecule has 0 heterocycles. The summed E-state index contributed by atoms with van der Waals surface area (Å²) in [5, 5.41) is 2.45. The molecule has 0 saturated heterocycles. The predicted octanol–water partition coefficient (Wildman–Crippen LogP) is 4.69. The molecule has 5 heteroatoms. The third-order valence-corrected chi connectivity index (χ3v) is 2.91. The number of benzene rings is 2. The van der Waals surface area contributed by atoms with Crippen molar-refractivity contribution < 1.29 is 17.9 Å². The molecule has 0 bridgehead atoms. The van der Waals surface area contributed by atoms with Crippen molar-refractivity contribution in [3.05, 3.63) is 60.2 Å². The van der Waals surface area contributed by atoms with Gasteiger partial charge in [-0.25, -0.2) is 0 Å². The summed E-state index contributed by atoms with van der Waals surface area (Å²) < 4.78 is 44.7. The maximum atomic E-state index is 13.0. The minimum Gasteiger partial charge on any atom is -0.457 e. The van der Waals surface area contributed by atoms with Crippen LogP contribution in [0.2, 0.25) is 0 Å². The van der Waals surface area contributed by atoms with Crippen molar-refractivity contribution in [1.29, 1.82) is 0 Å². The van der Waals surface area contributed by atoms with Gasteiger partial charge in [0.15, 0.2) is 0 Å². The minimum absolute atomic E-state index is 0.137. The fraction of sp³-hybridized carbons (Fsp3) is 0.250. The molecule has 21 heavy (non-hydrogen) atoms. The van der Waals surface area contributed by atoms with Crippen molar-refractivity contribution in [3.63, 3.8) is 0 Å². The summed E-state index contributed by atoms with van der Waals surface area (Å²) in [6.45, 7) is 1.87. The number of ether oxygens (including phenoxy) is 1. The van der Waals surface area contributed by atoms with Crippen molar-refractivity contribution in [2.75, 3.05) is 6.54 Å². The SMILES string of the molecule is CCNC(c1cccc(Oc2ccccc2)c1)C(F)(F)F. The molecule has 112 valence electrons. The third-order valence-electron chi connectivity index (χ3n) is 2.91. The first-order valence-corrected chi connectivity index (χ1v) is 6.63. The molecule has 2 aromatic carbocycles. The summed E-state index contributed by atoms with van der Waals surface area (Å²) in [4.78, 5) is 0. The topological polar surface area (TPSA) is 21.3 Å². The number of hydrogen-bond donors (Lipinski definition) is 1. The molecule has 2 aromatic rings. The normalized spacial score (nSPS) is 13.0. The molecule has 0 aliphatic rings. The Bertz CT molecular complexity index is 569. The van der Waals surface area contributed by atoms with Gasteiger partial charge >= 0.3 is 6.18 Å². The van der Waals surface area contributed by atoms with Crippen LogP contribution in [0.15, 0.2) is 54.6 Å². The maximum absolute atomic E-state index is 13.0. The summed E-state index contributed by atoms with van der Waals surface area (Å²) in [5.41, 5.74) is 0.137. The van der Waals surface area contributed by atoms with Crippen molar-refractivity contribution in [1.82, 2.24) is 5.32 Å². The fourth-order valence-electron chi connectivity index (χ4n) is 2.01. The smallest absolute Gasteiger partial charge is 0.407 e. The first-order valence-electron chi connectivity index (χ1n) is 6.63. The highest BCUT2D eigenvalue weighted by Crippen LogP contribution is 2.34. The Morgan fingerprint density at radius 2 is 1.67 bits per heavy atom. The van der Waals surface area contributed by atoms with Gasteiger partial charge in [-0.15, -0.1) is 0 Å².